The summed E-state index contributed by atoms with van der Waals surface area (Å²) in [6.45, 7) is 3.75. The summed E-state index contributed by atoms with van der Waals surface area (Å²) in [5.74, 6) is 0.100. The van der Waals surface area contributed by atoms with E-state index in [2.05, 4.69) is 5.32 Å². The molecule has 6 heteroatoms. The largest absolute Gasteiger partial charge is 0.389 e. The Bertz CT molecular complexity index is 553. The van der Waals surface area contributed by atoms with E-state index in [1.807, 2.05) is 32.0 Å². The molecule has 18 heavy (non-hydrogen) atoms. The summed E-state index contributed by atoms with van der Waals surface area (Å²) in [6, 6.07) is 5.45. The van der Waals surface area contributed by atoms with Crippen LogP contribution in [-0.4, -0.2) is 31.5 Å². The Morgan fingerprint density at radius 2 is 2.11 bits per heavy atom. The van der Waals surface area contributed by atoms with E-state index in [0.29, 0.717) is 4.99 Å². The van der Waals surface area contributed by atoms with Crippen molar-refractivity contribution in [3.05, 3.63) is 29.3 Å². The molecule has 0 heterocycles. The molecule has 0 radical (unpaired) electrons. The zero-order valence-corrected chi connectivity index (χ0v) is 12.4. The highest BCUT2D eigenvalue weighted by Gasteiger charge is 2.11. The Kier molecular flexibility index (Phi) is 4.70. The van der Waals surface area contributed by atoms with Gasteiger partial charge in [0, 0.05) is 23.5 Å². The minimum Gasteiger partial charge on any atom is -0.389 e. The molecule has 0 bridgehead atoms. The van der Waals surface area contributed by atoms with Gasteiger partial charge in [-0.3, -0.25) is 0 Å². The Hall–Kier alpha value is -1.14. The number of rotatable bonds is 5. The predicted octanol–water partition coefficient (Wildman–Crippen LogP) is 1.47. The lowest BCUT2D eigenvalue weighted by molar-refractivity contribution is 0.598. The van der Waals surface area contributed by atoms with E-state index >= 15 is 0 Å². The number of aryl methyl sites for hydroxylation is 1. The van der Waals surface area contributed by atoms with Crippen molar-refractivity contribution in [3.63, 3.8) is 0 Å². The molecule has 0 aliphatic heterocycles. The third kappa shape index (κ3) is 4.62. The molecule has 1 aromatic rings. The summed E-state index contributed by atoms with van der Waals surface area (Å²) >= 11 is 4.93. The number of nitrogens with two attached hydrogens (primary N) is 1. The van der Waals surface area contributed by atoms with Gasteiger partial charge >= 0.3 is 0 Å². The van der Waals surface area contributed by atoms with Gasteiger partial charge < -0.3 is 11.1 Å². The van der Waals surface area contributed by atoms with Gasteiger partial charge in [-0.1, -0.05) is 12.2 Å². The van der Waals surface area contributed by atoms with E-state index in [0.717, 1.165) is 16.8 Å². The SMILES string of the molecule is Cc1cc(NC(C)CS(C)(=O)=O)ccc1C(N)=S. The molecule has 0 aliphatic rings. The van der Waals surface area contributed by atoms with Crippen LogP contribution in [0.2, 0.25) is 0 Å². The molecule has 0 fully saturated rings. The van der Waals surface area contributed by atoms with E-state index in [9.17, 15) is 8.42 Å². The highest BCUT2D eigenvalue weighted by Crippen LogP contribution is 2.16. The monoisotopic (exact) mass is 286 g/mol. The second-order valence-corrected chi connectivity index (χ2v) is 7.16. The Morgan fingerprint density at radius 3 is 2.56 bits per heavy atom. The molecule has 1 rings (SSSR count). The number of thiocarbonyl (C=S) groups is 1. The smallest absolute Gasteiger partial charge is 0.149 e. The van der Waals surface area contributed by atoms with Crippen LogP contribution >= 0.6 is 12.2 Å². The number of sulfone groups is 1. The van der Waals surface area contributed by atoms with Crippen molar-refractivity contribution in [2.75, 3.05) is 17.3 Å². The molecular weight excluding hydrogens is 268 g/mol. The highest BCUT2D eigenvalue weighted by molar-refractivity contribution is 7.90. The molecule has 0 saturated carbocycles. The van der Waals surface area contributed by atoms with Gasteiger partial charge in [0.1, 0.15) is 14.8 Å². The number of benzene rings is 1. The lowest BCUT2D eigenvalue weighted by atomic mass is 10.1. The normalized spacial score (nSPS) is 13.1. The first kappa shape index (κ1) is 14.9. The summed E-state index contributed by atoms with van der Waals surface area (Å²) in [7, 11) is -2.98. The minimum absolute atomic E-state index is 0.100. The summed E-state index contributed by atoms with van der Waals surface area (Å²) < 4.78 is 22.3. The fourth-order valence-corrected chi connectivity index (χ4v) is 3.03. The molecule has 0 amide bonds. The summed E-state index contributed by atoms with van der Waals surface area (Å²) in [5.41, 5.74) is 8.26. The van der Waals surface area contributed by atoms with Crippen molar-refractivity contribution < 1.29 is 8.42 Å². The second-order valence-electron chi connectivity index (χ2n) is 4.53. The molecule has 0 aliphatic carbocycles. The standard InChI is InChI=1S/C12H18N2O2S2/c1-8-6-10(4-5-11(8)12(13)17)14-9(2)7-18(3,15)16/h4-6,9,14H,7H2,1-3H3,(H2,13,17). The topological polar surface area (TPSA) is 72.2 Å². The number of nitrogens with one attached hydrogen (secondary N) is 1. The van der Waals surface area contributed by atoms with Crippen LogP contribution in [0.4, 0.5) is 5.69 Å². The van der Waals surface area contributed by atoms with Crippen LogP contribution in [0.1, 0.15) is 18.1 Å². The van der Waals surface area contributed by atoms with Crippen LogP contribution in [0.5, 0.6) is 0 Å². The van der Waals surface area contributed by atoms with Crippen LogP contribution in [0, 0.1) is 6.92 Å². The van der Waals surface area contributed by atoms with Gasteiger partial charge in [0.15, 0.2) is 0 Å². The van der Waals surface area contributed by atoms with Gasteiger partial charge in [0.25, 0.3) is 0 Å². The molecule has 0 aromatic heterocycles. The highest BCUT2D eigenvalue weighted by atomic mass is 32.2. The fourth-order valence-electron chi connectivity index (χ4n) is 1.81. The van der Waals surface area contributed by atoms with Crippen LogP contribution in [0.15, 0.2) is 18.2 Å². The van der Waals surface area contributed by atoms with Crippen molar-refractivity contribution in [1.82, 2.24) is 0 Å². The van der Waals surface area contributed by atoms with Crippen LogP contribution < -0.4 is 11.1 Å². The molecule has 1 aromatic carbocycles. The molecule has 3 N–H and O–H groups in total. The third-order valence-corrected chi connectivity index (χ3v) is 3.78. The lowest BCUT2D eigenvalue weighted by Gasteiger charge is -2.15. The van der Waals surface area contributed by atoms with Crippen LogP contribution in [0.3, 0.4) is 0 Å². The quantitative estimate of drug-likeness (QED) is 0.802. The predicted molar refractivity (Wildman–Crippen MR) is 79.9 cm³/mol. The van der Waals surface area contributed by atoms with Crippen molar-refractivity contribution in [2.24, 2.45) is 5.73 Å². The van der Waals surface area contributed by atoms with Crippen molar-refractivity contribution in [2.45, 2.75) is 19.9 Å². The number of anilines is 1. The summed E-state index contributed by atoms with van der Waals surface area (Å²) in [5, 5.41) is 3.14. The zero-order chi connectivity index (χ0) is 13.9. The van der Waals surface area contributed by atoms with E-state index in [1.165, 1.54) is 6.26 Å². The third-order valence-electron chi connectivity index (χ3n) is 2.46. The molecule has 0 saturated heterocycles. The first-order valence-electron chi connectivity index (χ1n) is 5.54. The first-order chi connectivity index (χ1) is 8.19. The summed E-state index contributed by atoms with van der Waals surface area (Å²) in [6.07, 6.45) is 1.23. The van der Waals surface area contributed by atoms with Gasteiger partial charge in [-0.25, -0.2) is 8.42 Å². The average Bonchev–Trinajstić information content (AvgIpc) is 2.13. The molecular formula is C12H18N2O2S2. The second kappa shape index (κ2) is 5.67. The molecule has 1 unspecified atom stereocenters. The van der Waals surface area contributed by atoms with E-state index in [4.69, 9.17) is 18.0 Å². The van der Waals surface area contributed by atoms with Gasteiger partial charge in [-0.05, 0) is 37.6 Å². The van der Waals surface area contributed by atoms with Gasteiger partial charge in [0.2, 0.25) is 0 Å². The lowest BCUT2D eigenvalue weighted by Crippen LogP contribution is -2.25. The minimum atomic E-state index is -2.98. The van der Waals surface area contributed by atoms with Crippen LogP contribution in [0.25, 0.3) is 0 Å². The van der Waals surface area contributed by atoms with Crippen molar-refractivity contribution in [3.8, 4) is 0 Å². The maximum Gasteiger partial charge on any atom is 0.149 e. The van der Waals surface area contributed by atoms with E-state index < -0.39 is 9.84 Å². The van der Waals surface area contributed by atoms with E-state index in [1.54, 1.807) is 0 Å². The van der Waals surface area contributed by atoms with E-state index in [-0.39, 0.29) is 11.8 Å². The number of hydrogen-bond acceptors (Lipinski definition) is 4. The van der Waals surface area contributed by atoms with Gasteiger partial charge in [0.05, 0.1) is 5.75 Å². The average molecular weight is 286 g/mol. The maximum atomic E-state index is 11.2. The zero-order valence-electron chi connectivity index (χ0n) is 10.7. The number of hydrogen-bond donors (Lipinski definition) is 2. The van der Waals surface area contributed by atoms with Crippen molar-refractivity contribution in [1.29, 1.82) is 0 Å². The molecule has 1 atom stereocenters. The van der Waals surface area contributed by atoms with Gasteiger partial charge in [-0.15, -0.1) is 0 Å². The molecule has 0 spiro atoms. The molecule has 100 valence electrons. The first-order valence-corrected chi connectivity index (χ1v) is 8.00. The Balaban J connectivity index is 2.81. The Morgan fingerprint density at radius 1 is 1.50 bits per heavy atom. The molecule has 4 nitrogen and oxygen atoms in total. The van der Waals surface area contributed by atoms with Crippen molar-refractivity contribution >= 4 is 32.7 Å². The Labute approximate surface area is 113 Å². The van der Waals surface area contributed by atoms with Gasteiger partial charge in [-0.2, -0.15) is 0 Å². The maximum absolute atomic E-state index is 11.2. The summed E-state index contributed by atoms with van der Waals surface area (Å²) in [4.78, 5) is 0.364. The van der Waals surface area contributed by atoms with Crippen LogP contribution in [-0.2, 0) is 9.84 Å². The fraction of sp³-hybridized carbons (Fsp3) is 0.417.